The lowest BCUT2D eigenvalue weighted by Crippen LogP contribution is -2.30. The first-order valence-electron chi connectivity index (χ1n) is 8.93. The average molecular weight is 341 g/mol. The number of nitrogens with zero attached hydrogens (tertiary/aromatic N) is 3. The van der Waals surface area contributed by atoms with E-state index in [4.69, 9.17) is 0 Å². The summed E-state index contributed by atoms with van der Waals surface area (Å²) in [6.07, 6.45) is 3.96. The van der Waals surface area contributed by atoms with Gasteiger partial charge in [-0.25, -0.2) is 4.98 Å². The molecule has 2 aromatic heterocycles. The number of hydrogen-bond acceptors (Lipinski definition) is 4. The number of H-pyrrole nitrogens is 2. The van der Waals surface area contributed by atoms with Gasteiger partial charge in [-0.15, -0.1) is 0 Å². The molecule has 2 N–H and O–H groups in total. The van der Waals surface area contributed by atoms with E-state index in [0.29, 0.717) is 23.9 Å². The second-order valence-corrected chi connectivity index (χ2v) is 7.49. The van der Waals surface area contributed by atoms with Crippen molar-refractivity contribution in [3.05, 3.63) is 45.9 Å². The number of nitrogens with one attached hydrogen (secondary N) is 2. The van der Waals surface area contributed by atoms with Crippen molar-refractivity contribution in [2.75, 3.05) is 13.1 Å². The second-order valence-electron chi connectivity index (χ2n) is 7.49. The molecule has 0 spiro atoms. The maximum absolute atomic E-state index is 12.8. The maximum Gasteiger partial charge on any atom is 0.254 e. The molecule has 0 unspecified atom stereocenters. The lowest BCUT2D eigenvalue weighted by Gasteiger charge is -2.16. The van der Waals surface area contributed by atoms with E-state index < -0.39 is 0 Å². The number of carbonyl (C=O) groups is 1. The molecule has 0 radical (unpaired) electrons. The molecule has 1 aliphatic carbocycles. The fraction of sp³-hybridized carbons (Fsp3) is 0.556. The molecule has 0 bridgehead atoms. The molecule has 7 nitrogen and oxygen atoms in total. The number of amides is 1. The molecule has 0 aromatic carbocycles. The third-order valence-electron chi connectivity index (χ3n) is 5.29. The first-order chi connectivity index (χ1) is 12.0. The van der Waals surface area contributed by atoms with Crippen molar-refractivity contribution in [1.82, 2.24) is 25.1 Å². The molecular formula is C18H23N5O2. The smallest absolute Gasteiger partial charge is 0.254 e. The largest absolute Gasteiger partial charge is 0.338 e. The molecule has 1 saturated carbocycles. The van der Waals surface area contributed by atoms with Crippen molar-refractivity contribution < 1.29 is 4.79 Å². The Morgan fingerprint density at radius 3 is 2.76 bits per heavy atom. The van der Waals surface area contributed by atoms with E-state index in [1.54, 1.807) is 6.07 Å². The summed E-state index contributed by atoms with van der Waals surface area (Å²) in [5.41, 5.74) is 0.191. The van der Waals surface area contributed by atoms with E-state index in [1.807, 2.05) is 4.90 Å². The Morgan fingerprint density at radius 1 is 1.32 bits per heavy atom. The third kappa shape index (κ3) is 3.10. The molecule has 1 saturated heterocycles. The summed E-state index contributed by atoms with van der Waals surface area (Å²) < 4.78 is 0. The van der Waals surface area contributed by atoms with Crippen LogP contribution in [0.1, 0.15) is 60.5 Å². The van der Waals surface area contributed by atoms with Gasteiger partial charge < -0.3 is 9.88 Å². The summed E-state index contributed by atoms with van der Waals surface area (Å²) in [5, 5.41) is 7.43. The normalized spacial score (nSPS) is 23.4. The zero-order chi connectivity index (χ0) is 17.6. The van der Waals surface area contributed by atoms with E-state index in [-0.39, 0.29) is 23.3 Å². The van der Waals surface area contributed by atoms with Crippen molar-refractivity contribution in [3.8, 4) is 0 Å². The molecule has 25 heavy (non-hydrogen) atoms. The third-order valence-corrected chi connectivity index (χ3v) is 5.29. The first-order valence-corrected chi connectivity index (χ1v) is 8.93. The van der Waals surface area contributed by atoms with Crippen molar-refractivity contribution in [2.24, 2.45) is 11.8 Å². The lowest BCUT2D eigenvalue weighted by atomic mass is 9.91. The molecule has 1 amide bonds. The Hall–Kier alpha value is -2.44. The fourth-order valence-electron chi connectivity index (χ4n) is 3.76. The van der Waals surface area contributed by atoms with Gasteiger partial charge in [0.15, 0.2) is 5.82 Å². The highest BCUT2D eigenvalue weighted by Crippen LogP contribution is 2.47. The predicted octanol–water partition coefficient (Wildman–Crippen LogP) is 1.88. The molecule has 2 aliphatic rings. The monoisotopic (exact) mass is 341 g/mol. The molecule has 2 atom stereocenters. The Bertz CT molecular complexity index is 836. The first kappa shape index (κ1) is 16.1. The summed E-state index contributed by atoms with van der Waals surface area (Å²) in [6, 6.07) is 3.03. The Labute approximate surface area is 145 Å². The van der Waals surface area contributed by atoms with Crippen molar-refractivity contribution >= 4 is 5.91 Å². The van der Waals surface area contributed by atoms with Gasteiger partial charge in [0.2, 0.25) is 5.56 Å². The van der Waals surface area contributed by atoms with E-state index in [9.17, 15) is 9.59 Å². The van der Waals surface area contributed by atoms with Gasteiger partial charge in [-0.05, 0) is 30.7 Å². The predicted molar refractivity (Wildman–Crippen MR) is 92.4 cm³/mol. The minimum absolute atomic E-state index is 0.0807. The van der Waals surface area contributed by atoms with Crippen LogP contribution in [-0.4, -0.2) is 44.1 Å². The molecule has 7 heteroatoms. The average Bonchev–Trinajstić information content (AvgIpc) is 3.15. The summed E-state index contributed by atoms with van der Waals surface area (Å²) in [5.74, 6) is 3.18. The van der Waals surface area contributed by atoms with Crippen LogP contribution in [0.3, 0.4) is 0 Å². The molecule has 132 valence electrons. The van der Waals surface area contributed by atoms with Gasteiger partial charge in [-0.2, -0.15) is 5.10 Å². The summed E-state index contributed by atoms with van der Waals surface area (Å²) in [7, 11) is 0. The highest BCUT2D eigenvalue weighted by Gasteiger charge is 2.45. The van der Waals surface area contributed by atoms with Crippen molar-refractivity contribution in [2.45, 2.75) is 38.5 Å². The molecule has 2 fully saturated rings. The molecular weight excluding hydrogens is 318 g/mol. The van der Waals surface area contributed by atoms with Gasteiger partial charge in [0.25, 0.3) is 5.91 Å². The van der Waals surface area contributed by atoms with Crippen molar-refractivity contribution in [1.29, 1.82) is 0 Å². The Kier molecular flexibility index (Phi) is 3.94. The lowest BCUT2D eigenvalue weighted by molar-refractivity contribution is 0.0784. The maximum atomic E-state index is 12.8. The Balaban J connectivity index is 1.58. The Morgan fingerprint density at radius 2 is 2.12 bits per heavy atom. The van der Waals surface area contributed by atoms with Crippen LogP contribution in [0.5, 0.6) is 0 Å². The number of pyridine rings is 1. The van der Waals surface area contributed by atoms with E-state index in [1.165, 1.54) is 25.1 Å². The standard InChI is InChI=1S/C18H23N5O2/c1-10(2)16-20-17(22-21-16)14-9-23(8-13(14)11-3-4-11)18(25)12-5-6-19-15(24)7-12/h5-7,10-11,13-14H,3-4,8-9H2,1-2H3,(H,19,24)(H,20,21,22)/t13-,14+/m1/s1. The molecule has 3 heterocycles. The second kappa shape index (κ2) is 6.13. The highest BCUT2D eigenvalue weighted by molar-refractivity contribution is 5.94. The zero-order valence-electron chi connectivity index (χ0n) is 14.5. The number of carbonyl (C=O) groups excluding carboxylic acids is 1. The number of aromatic amines is 2. The van der Waals surface area contributed by atoms with E-state index in [0.717, 1.165) is 18.2 Å². The molecule has 4 rings (SSSR count). The van der Waals surface area contributed by atoms with Crippen LogP contribution in [0, 0.1) is 11.8 Å². The van der Waals surface area contributed by atoms with Crippen LogP contribution >= 0.6 is 0 Å². The van der Waals surface area contributed by atoms with E-state index in [2.05, 4.69) is 34.0 Å². The quantitative estimate of drug-likeness (QED) is 0.888. The van der Waals surface area contributed by atoms with Gasteiger partial charge in [0, 0.05) is 42.8 Å². The van der Waals surface area contributed by atoms with Crippen LogP contribution in [0.25, 0.3) is 0 Å². The van der Waals surface area contributed by atoms with Gasteiger partial charge in [-0.1, -0.05) is 13.8 Å². The fourth-order valence-corrected chi connectivity index (χ4v) is 3.76. The minimum Gasteiger partial charge on any atom is -0.338 e. The number of likely N-dealkylation sites (tertiary alicyclic amines) is 1. The van der Waals surface area contributed by atoms with E-state index >= 15 is 0 Å². The zero-order valence-corrected chi connectivity index (χ0v) is 14.5. The van der Waals surface area contributed by atoms with Crippen LogP contribution in [0.15, 0.2) is 23.1 Å². The van der Waals surface area contributed by atoms with Crippen LogP contribution in [0.4, 0.5) is 0 Å². The number of hydrogen-bond donors (Lipinski definition) is 2. The summed E-state index contributed by atoms with van der Waals surface area (Å²) in [6.45, 7) is 5.49. The van der Waals surface area contributed by atoms with Crippen LogP contribution in [0.2, 0.25) is 0 Å². The van der Waals surface area contributed by atoms with Crippen LogP contribution < -0.4 is 5.56 Å². The highest BCUT2D eigenvalue weighted by atomic mass is 16.2. The molecule has 1 aliphatic heterocycles. The van der Waals surface area contributed by atoms with Gasteiger partial charge in [-0.3, -0.25) is 14.7 Å². The SMILES string of the molecule is CC(C)c1n[nH]c([C@H]2CN(C(=O)c3cc[nH]c(=O)c3)C[C@@H]2C2CC2)n1. The summed E-state index contributed by atoms with van der Waals surface area (Å²) in [4.78, 5) is 33.4. The number of aromatic nitrogens is 4. The van der Waals surface area contributed by atoms with Crippen molar-refractivity contribution in [3.63, 3.8) is 0 Å². The van der Waals surface area contributed by atoms with Gasteiger partial charge in [0.05, 0.1) is 0 Å². The van der Waals surface area contributed by atoms with Crippen LogP contribution in [-0.2, 0) is 0 Å². The molecule has 2 aromatic rings. The van der Waals surface area contributed by atoms with Gasteiger partial charge >= 0.3 is 0 Å². The number of rotatable bonds is 4. The topological polar surface area (TPSA) is 94.7 Å². The minimum atomic E-state index is -0.253. The van der Waals surface area contributed by atoms with Gasteiger partial charge in [0.1, 0.15) is 5.82 Å². The summed E-state index contributed by atoms with van der Waals surface area (Å²) >= 11 is 0.